The molecule has 0 fully saturated rings. The van der Waals surface area contributed by atoms with E-state index in [2.05, 4.69) is 0 Å². The summed E-state index contributed by atoms with van der Waals surface area (Å²) in [5.74, 6) is 0.723. The third-order valence-corrected chi connectivity index (χ3v) is 2.46. The summed E-state index contributed by atoms with van der Waals surface area (Å²) in [6.45, 7) is 0. The summed E-state index contributed by atoms with van der Waals surface area (Å²) in [6.07, 6.45) is 0. The number of Topliss-reactive ketones (excluding diaryl/α,β-unsaturated/α-hetero) is 1. The summed E-state index contributed by atoms with van der Waals surface area (Å²) in [4.78, 5) is 11.7. The minimum atomic E-state index is -0.988. The number of hydrogen-bond donors (Lipinski definition) is 0. The molecule has 0 aliphatic rings. The van der Waals surface area contributed by atoms with Crippen molar-refractivity contribution in [2.75, 3.05) is 21.3 Å². The van der Waals surface area contributed by atoms with Crippen LogP contribution in [0.25, 0.3) is 0 Å². The maximum absolute atomic E-state index is 11.7. The molecule has 0 aliphatic heterocycles. The highest BCUT2D eigenvalue weighted by molar-refractivity contribution is 6.32. The summed E-state index contributed by atoms with van der Waals surface area (Å²) in [5, 5.41) is 0. The second-order valence-corrected chi connectivity index (χ2v) is 3.38. The van der Waals surface area contributed by atoms with Gasteiger partial charge in [-0.2, -0.15) is 0 Å². The highest BCUT2D eigenvalue weighted by atomic mass is 35.5. The molecule has 0 amide bonds. The number of hydrogen-bond acceptors (Lipinski definition) is 4. The lowest BCUT2D eigenvalue weighted by atomic mass is 10.1. The van der Waals surface area contributed by atoms with Gasteiger partial charge in [0.05, 0.1) is 14.2 Å². The first-order valence-electron chi connectivity index (χ1n) is 4.57. The van der Waals surface area contributed by atoms with Gasteiger partial charge in [-0.3, -0.25) is 4.79 Å². The van der Waals surface area contributed by atoms with Crippen LogP contribution in [0.2, 0.25) is 0 Å². The van der Waals surface area contributed by atoms with Crippen LogP contribution < -0.4 is 9.47 Å². The lowest BCUT2D eigenvalue weighted by molar-refractivity contribution is 0.0781. The van der Waals surface area contributed by atoms with Gasteiger partial charge in [0.2, 0.25) is 5.78 Å². The summed E-state index contributed by atoms with van der Waals surface area (Å²) in [7, 11) is 4.40. The zero-order valence-corrected chi connectivity index (χ0v) is 10.1. The quantitative estimate of drug-likeness (QED) is 0.588. The largest absolute Gasteiger partial charge is 0.493 e. The predicted molar refractivity (Wildman–Crippen MR) is 60.5 cm³/mol. The van der Waals surface area contributed by atoms with E-state index in [1.165, 1.54) is 21.3 Å². The zero-order chi connectivity index (χ0) is 12.1. The van der Waals surface area contributed by atoms with Crippen molar-refractivity contribution in [2.24, 2.45) is 0 Å². The maximum atomic E-state index is 11.7. The van der Waals surface area contributed by atoms with Crippen molar-refractivity contribution in [1.82, 2.24) is 0 Å². The van der Waals surface area contributed by atoms with Crippen molar-refractivity contribution >= 4 is 17.4 Å². The van der Waals surface area contributed by atoms with Crippen molar-refractivity contribution in [3.63, 3.8) is 0 Å². The second-order valence-electron chi connectivity index (χ2n) is 2.99. The molecule has 0 aromatic heterocycles. The molecule has 0 saturated heterocycles. The van der Waals surface area contributed by atoms with Crippen LogP contribution in [0.1, 0.15) is 10.4 Å². The number of carbonyl (C=O) groups excluding carboxylic acids is 1. The Labute approximate surface area is 99.1 Å². The Kier molecular flexibility index (Phi) is 4.58. The monoisotopic (exact) mass is 244 g/mol. The molecule has 88 valence electrons. The fourth-order valence-corrected chi connectivity index (χ4v) is 1.35. The number of alkyl halides is 1. The molecule has 1 aromatic carbocycles. The lowest BCUT2D eigenvalue weighted by Gasteiger charge is -2.10. The normalized spacial score (nSPS) is 12.0. The molecule has 0 spiro atoms. The van der Waals surface area contributed by atoms with Gasteiger partial charge < -0.3 is 14.2 Å². The molecule has 0 saturated carbocycles. The Bertz CT molecular complexity index is 378. The van der Waals surface area contributed by atoms with Gasteiger partial charge in [0.15, 0.2) is 17.1 Å². The number of rotatable bonds is 5. The fraction of sp³-hybridized carbons (Fsp3) is 0.364. The van der Waals surface area contributed by atoms with Crippen molar-refractivity contribution in [2.45, 2.75) is 5.56 Å². The molecule has 0 bridgehead atoms. The Morgan fingerprint density at radius 1 is 1.19 bits per heavy atom. The molecule has 1 unspecified atom stereocenters. The highest BCUT2D eigenvalue weighted by Gasteiger charge is 2.18. The van der Waals surface area contributed by atoms with Crippen LogP contribution in [0.5, 0.6) is 11.5 Å². The summed E-state index contributed by atoms with van der Waals surface area (Å²) < 4.78 is 14.9. The second kappa shape index (κ2) is 5.72. The number of ketones is 1. The summed E-state index contributed by atoms with van der Waals surface area (Å²) in [5.41, 5.74) is -0.572. The lowest BCUT2D eigenvalue weighted by Crippen LogP contribution is -2.16. The third-order valence-electron chi connectivity index (χ3n) is 2.08. The highest BCUT2D eigenvalue weighted by Crippen LogP contribution is 2.28. The Morgan fingerprint density at radius 2 is 1.81 bits per heavy atom. The number of halogens is 1. The number of carbonyl (C=O) groups is 1. The van der Waals surface area contributed by atoms with E-state index in [0.29, 0.717) is 17.1 Å². The topological polar surface area (TPSA) is 44.8 Å². The molecule has 5 heteroatoms. The van der Waals surface area contributed by atoms with Crippen LogP contribution in [0.4, 0.5) is 0 Å². The maximum Gasteiger partial charge on any atom is 0.206 e. The Morgan fingerprint density at radius 3 is 2.31 bits per heavy atom. The van der Waals surface area contributed by atoms with Crippen molar-refractivity contribution in [3.05, 3.63) is 23.8 Å². The van der Waals surface area contributed by atoms with E-state index in [9.17, 15) is 4.79 Å². The minimum Gasteiger partial charge on any atom is -0.493 e. The van der Waals surface area contributed by atoms with Crippen LogP contribution in [-0.4, -0.2) is 32.7 Å². The first-order valence-corrected chi connectivity index (χ1v) is 5.00. The standard InChI is InChI=1S/C11H13ClO4/c1-14-8-5-4-7(6-9(8)15-2)10(13)11(12)16-3/h4-6,11H,1-3H3. The fourth-order valence-electron chi connectivity index (χ4n) is 1.23. The first kappa shape index (κ1) is 12.8. The molecule has 0 heterocycles. The van der Waals surface area contributed by atoms with Gasteiger partial charge in [0.25, 0.3) is 0 Å². The smallest absolute Gasteiger partial charge is 0.206 e. The van der Waals surface area contributed by atoms with Gasteiger partial charge >= 0.3 is 0 Å². The van der Waals surface area contributed by atoms with Crippen LogP contribution in [0, 0.1) is 0 Å². The van der Waals surface area contributed by atoms with Gasteiger partial charge in [-0.15, -0.1) is 0 Å². The average Bonchev–Trinajstić information content (AvgIpc) is 2.35. The Hall–Kier alpha value is -1.26. The minimum absolute atomic E-state index is 0.315. The van der Waals surface area contributed by atoms with Crippen LogP contribution in [-0.2, 0) is 4.74 Å². The van der Waals surface area contributed by atoms with Crippen LogP contribution in [0.3, 0.4) is 0 Å². The van der Waals surface area contributed by atoms with E-state index in [-0.39, 0.29) is 5.78 Å². The van der Waals surface area contributed by atoms with Gasteiger partial charge in [0.1, 0.15) is 0 Å². The molecular weight excluding hydrogens is 232 g/mol. The molecular formula is C11H13ClO4. The van der Waals surface area contributed by atoms with Crippen molar-refractivity contribution in [1.29, 1.82) is 0 Å². The van der Waals surface area contributed by atoms with Crippen LogP contribution in [0.15, 0.2) is 18.2 Å². The van der Waals surface area contributed by atoms with Gasteiger partial charge in [0, 0.05) is 12.7 Å². The van der Waals surface area contributed by atoms with Crippen molar-refractivity contribution < 1.29 is 19.0 Å². The summed E-state index contributed by atoms with van der Waals surface area (Å²) >= 11 is 5.68. The van der Waals surface area contributed by atoms with Crippen molar-refractivity contribution in [3.8, 4) is 11.5 Å². The summed E-state index contributed by atoms with van der Waals surface area (Å²) in [6, 6.07) is 4.82. The van der Waals surface area contributed by atoms with Gasteiger partial charge in [-0.1, -0.05) is 11.6 Å². The van der Waals surface area contributed by atoms with Crippen LogP contribution >= 0.6 is 11.6 Å². The Balaban J connectivity index is 3.03. The third kappa shape index (κ3) is 2.65. The van der Waals surface area contributed by atoms with E-state index >= 15 is 0 Å². The molecule has 4 nitrogen and oxygen atoms in total. The number of benzene rings is 1. The molecule has 1 atom stereocenters. The van der Waals surface area contributed by atoms with E-state index in [1.807, 2.05) is 0 Å². The molecule has 1 rings (SSSR count). The average molecular weight is 245 g/mol. The number of methoxy groups -OCH3 is 3. The molecule has 0 N–H and O–H groups in total. The molecule has 1 aromatic rings. The van der Waals surface area contributed by atoms with E-state index < -0.39 is 5.56 Å². The molecule has 0 radical (unpaired) electrons. The van der Waals surface area contributed by atoms with E-state index in [4.69, 9.17) is 25.8 Å². The zero-order valence-electron chi connectivity index (χ0n) is 9.32. The van der Waals surface area contributed by atoms with Gasteiger partial charge in [-0.25, -0.2) is 0 Å². The van der Waals surface area contributed by atoms with E-state index in [0.717, 1.165) is 0 Å². The SMILES string of the molecule is COc1ccc(C(=O)C(Cl)OC)cc1OC. The van der Waals surface area contributed by atoms with E-state index in [1.54, 1.807) is 18.2 Å². The number of ether oxygens (including phenoxy) is 3. The first-order chi connectivity index (χ1) is 7.63. The predicted octanol–water partition coefficient (Wildman–Crippen LogP) is 2.10. The molecule has 0 aliphatic carbocycles. The molecule has 16 heavy (non-hydrogen) atoms. The van der Waals surface area contributed by atoms with Gasteiger partial charge in [-0.05, 0) is 18.2 Å².